The third-order valence-corrected chi connectivity index (χ3v) is 3.24. The summed E-state index contributed by atoms with van der Waals surface area (Å²) in [5.74, 6) is 0.144. The number of hydrogen-bond donors (Lipinski definition) is 0. The van der Waals surface area contributed by atoms with Crippen molar-refractivity contribution in [3.05, 3.63) is 47.7 Å². The standard InChI is InChI=1S/C14H13NO/c1-10(16)12-7-9-15-8-6-11-4-2-3-5-13(11)14(12)15/h2-5,7,9H,6,8H2,1H3. The van der Waals surface area contributed by atoms with Crippen LogP contribution in [0.15, 0.2) is 36.5 Å². The van der Waals surface area contributed by atoms with E-state index in [2.05, 4.69) is 22.8 Å². The second-order valence-corrected chi connectivity index (χ2v) is 4.23. The number of nitrogens with zero attached hydrogens (tertiary/aromatic N) is 1. The summed E-state index contributed by atoms with van der Waals surface area (Å²) in [6, 6.07) is 10.3. The summed E-state index contributed by atoms with van der Waals surface area (Å²) in [6.07, 6.45) is 3.07. The van der Waals surface area contributed by atoms with Gasteiger partial charge in [0.25, 0.3) is 0 Å². The number of carbonyl (C=O) groups excluding carboxylic acids is 1. The van der Waals surface area contributed by atoms with E-state index in [4.69, 9.17) is 0 Å². The highest BCUT2D eigenvalue weighted by Crippen LogP contribution is 2.32. The molecule has 0 amide bonds. The van der Waals surface area contributed by atoms with E-state index in [-0.39, 0.29) is 5.78 Å². The lowest BCUT2D eigenvalue weighted by atomic mass is 9.95. The molecule has 0 saturated heterocycles. The fourth-order valence-corrected chi connectivity index (χ4v) is 2.45. The van der Waals surface area contributed by atoms with Crippen LogP contribution >= 0.6 is 0 Å². The number of ketones is 1. The molecule has 0 unspecified atom stereocenters. The molecule has 2 nitrogen and oxygen atoms in total. The van der Waals surface area contributed by atoms with Gasteiger partial charge in [0.15, 0.2) is 5.78 Å². The van der Waals surface area contributed by atoms with Gasteiger partial charge >= 0.3 is 0 Å². The molecule has 0 fully saturated rings. The molecule has 0 saturated carbocycles. The molecule has 1 aliphatic rings. The van der Waals surface area contributed by atoms with Crippen molar-refractivity contribution in [1.29, 1.82) is 0 Å². The molecule has 3 rings (SSSR count). The van der Waals surface area contributed by atoms with Gasteiger partial charge in [0, 0.05) is 23.9 Å². The lowest BCUT2D eigenvalue weighted by Crippen LogP contribution is -2.11. The van der Waals surface area contributed by atoms with E-state index >= 15 is 0 Å². The van der Waals surface area contributed by atoms with E-state index in [1.54, 1.807) is 6.92 Å². The van der Waals surface area contributed by atoms with Gasteiger partial charge < -0.3 is 4.57 Å². The summed E-state index contributed by atoms with van der Waals surface area (Å²) in [5.41, 5.74) is 4.49. The minimum absolute atomic E-state index is 0.144. The summed E-state index contributed by atoms with van der Waals surface area (Å²) in [4.78, 5) is 11.6. The molecular weight excluding hydrogens is 198 g/mol. The fourth-order valence-electron chi connectivity index (χ4n) is 2.45. The zero-order valence-electron chi connectivity index (χ0n) is 9.23. The van der Waals surface area contributed by atoms with E-state index in [0.717, 1.165) is 24.2 Å². The van der Waals surface area contributed by atoms with Crippen molar-refractivity contribution in [1.82, 2.24) is 4.57 Å². The molecule has 2 aromatic rings. The van der Waals surface area contributed by atoms with Crippen LogP contribution < -0.4 is 0 Å². The first-order valence-electron chi connectivity index (χ1n) is 5.56. The Kier molecular flexibility index (Phi) is 1.96. The average molecular weight is 211 g/mol. The highest BCUT2D eigenvalue weighted by Gasteiger charge is 2.20. The van der Waals surface area contributed by atoms with Gasteiger partial charge in [0.1, 0.15) is 0 Å². The summed E-state index contributed by atoms with van der Waals surface area (Å²) in [5, 5.41) is 0. The SMILES string of the molecule is CC(=O)c1ccn2c1-c1ccccc1CC2. The van der Waals surface area contributed by atoms with Crippen LogP contribution in [-0.2, 0) is 13.0 Å². The molecule has 2 heterocycles. The van der Waals surface area contributed by atoms with Crippen LogP contribution in [0.1, 0.15) is 22.8 Å². The highest BCUT2D eigenvalue weighted by molar-refractivity contribution is 6.00. The number of benzene rings is 1. The molecule has 80 valence electrons. The summed E-state index contributed by atoms with van der Waals surface area (Å²) in [6.45, 7) is 2.60. The van der Waals surface area contributed by atoms with Crippen LogP contribution in [0, 0.1) is 0 Å². The number of fused-ring (bicyclic) bond motifs is 3. The van der Waals surface area contributed by atoms with E-state index in [0.29, 0.717) is 0 Å². The fraction of sp³-hybridized carbons (Fsp3) is 0.214. The first kappa shape index (κ1) is 9.40. The molecule has 0 spiro atoms. The lowest BCUT2D eigenvalue weighted by molar-refractivity contribution is 0.101. The van der Waals surface area contributed by atoms with E-state index in [1.807, 2.05) is 18.3 Å². The van der Waals surface area contributed by atoms with Crippen LogP contribution in [0.4, 0.5) is 0 Å². The Balaban J connectivity index is 2.29. The number of hydrogen-bond acceptors (Lipinski definition) is 1. The number of aromatic nitrogens is 1. The predicted octanol–water partition coefficient (Wildman–Crippen LogP) is 2.91. The largest absolute Gasteiger partial charge is 0.347 e. The molecule has 0 bridgehead atoms. The van der Waals surface area contributed by atoms with Crippen molar-refractivity contribution in [2.24, 2.45) is 0 Å². The third-order valence-electron chi connectivity index (χ3n) is 3.24. The predicted molar refractivity (Wildman–Crippen MR) is 63.6 cm³/mol. The quantitative estimate of drug-likeness (QED) is 0.665. The minimum atomic E-state index is 0.144. The number of Topliss-reactive ketones (excluding diaryl/α,β-unsaturated/α-hetero) is 1. The molecule has 0 radical (unpaired) electrons. The second kappa shape index (κ2) is 3.34. The zero-order valence-corrected chi connectivity index (χ0v) is 9.23. The Morgan fingerprint density at radius 3 is 2.88 bits per heavy atom. The molecule has 1 aliphatic heterocycles. The monoisotopic (exact) mass is 211 g/mol. The van der Waals surface area contributed by atoms with Crippen molar-refractivity contribution in [2.45, 2.75) is 19.9 Å². The van der Waals surface area contributed by atoms with Crippen molar-refractivity contribution in [2.75, 3.05) is 0 Å². The lowest BCUT2D eigenvalue weighted by Gasteiger charge is -2.20. The maximum absolute atomic E-state index is 11.6. The number of carbonyl (C=O) groups is 1. The highest BCUT2D eigenvalue weighted by atomic mass is 16.1. The van der Waals surface area contributed by atoms with Crippen LogP contribution in [0.2, 0.25) is 0 Å². The average Bonchev–Trinajstić information content (AvgIpc) is 2.73. The number of aryl methyl sites for hydroxylation is 2. The van der Waals surface area contributed by atoms with Crippen molar-refractivity contribution < 1.29 is 4.79 Å². The summed E-state index contributed by atoms with van der Waals surface area (Å²) < 4.78 is 2.18. The first-order chi connectivity index (χ1) is 7.77. The maximum atomic E-state index is 11.6. The Morgan fingerprint density at radius 1 is 1.25 bits per heavy atom. The van der Waals surface area contributed by atoms with Crippen LogP contribution in [0.5, 0.6) is 0 Å². The third kappa shape index (κ3) is 1.23. The normalized spacial score (nSPS) is 13.1. The van der Waals surface area contributed by atoms with E-state index in [1.165, 1.54) is 11.1 Å². The van der Waals surface area contributed by atoms with Gasteiger partial charge in [-0.3, -0.25) is 4.79 Å². The van der Waals surface area contributed by atoms with Crippen LogP contribution in [0.25, 0.3) is 11.3 Å². The van der Waals surface area contributed by atoms with Gasteiger partial charge in [-0.25, -0.2) is 0 Å². The van der Waals surface area contributed by atoms with E-state index in [9.17, 15) is 4.79 Å². The first-order valence-corrected chi connectivity index (χ1v) is 5.56. The van der Waals surface area contributed by atoms with E-state index < -0.39 is 0 Å². The van der Waals surface area contributed by atoms with Gasteiger partial charge in [0.2, 0.25) is 0 Å². The maximum Gasteiger partial charge on any atom is 0.161 e. The van der Waals surface area contributed by atoms with Crippen LogP contribution in [0.3, 0.4) is 0 Å². The molecule has 16 heavy (non-hydrogen) atoms. The molecule has 0 N–H and O–H groups in total. The summed E-state index contributed by atoms with van der Waals surface area (Å²) in [7, 11) is 0. The van der Waals surface area contributed by atoms with Gasteiger partial charge in [-0.15, -0.1) is 0 Å². The molecular formula is C14H13NO. The molecule has 2 heteroatoms. The molecule has 1 aromatic heterocycles. The van der Waals surface area contributed by atoms with Crippen molar-refractivity contribution >= 4 is 5.78 Å². The Bertz CT molecular complexity index is 566. The summed E-state index contributed by atoms with van der Waals surface area (Å²) >= 11 is 0. The molecule has 1 aromatic carbocycles. The molecule has 0 aliphatic carbocycles. The van der Waals surface area contributed by atoms with Gasteiger partial charge in [-0.05, 0) is 25.0 Å². The number of rotatable bonds is 1. The van der Waals surface area contributed by atoms with Gasteiger partial charge in [-0.1, -0.05) is 24.3 Å². The van der Waals surface area contributed by atoms with Crippen LogP contribution in [-0.4, -0.2) is 10.4 Å². The minimum Gasteiger partial charge on any atom is -0.347 e. The Morgan fingerprint density at radius 2 is 2.06 bits per heavy atom. The zero-order chi connectivity index (χ0) is 11.1. The topological polar surface area (TPSA) is 22.0 Å². The Hall–Kier alpha value is -1.83. The molecule has 0 atom stereocenters. The smallest absolute Gasteiger partial charge is 0.161 e. The van der Waals surface area contributed by atoms with Crippen molar-refractivity contribution in [3.8, 4) is 11.3 Å². The van der Waals surface area contributed by atoms with Gasteiger partial charge in [0.05, 0.1) is 5.69 Å². The van der Waals surface area contributed by atoms with Crippen molar-refractivity contribution in [3.63, 3.8) is 0 Å². The second-order valence-electron chi connectivity index (χ2n) is 4.23. The Labute approximate surface area is 94.5 Å². The van der Waals surface area contributed by atoms with Gasteiger partial charge in [-0.2, -0.15) is 0 Å².